The number of pyridine rings is 1. The third-order valence-corrected chi connectivity index (χ3v) is 6.07. The van der Waals surface area contributed by atoms with Crippen LogP contribution >= 0.6 is 0 Å². The molecule has 0 radical (unpaired) electrons. The molecule has 1 N–H and O–H groups in total. The van der Waals surface area contributed by atoms with E-state index in [4.69, 9.17) is 4.74 Å². The van der Waals surface area contributed by atoms with Gasteiger partial charge in [-0.05, 0) is 49.2 Å². The zero-order chi connectivity index (χ0) is 25.8. The van der Waals surface area contributed by atoms with Crippen LogP contribution in [0.3, 0.4) is 0 Å². The molecule has 1 aromatic heterocycles. The maximum absolute atomic E-state index is 12.8. The van der Waals surface area contributed by atoms with Crippen molar-refractivity contribution in [3.05, 3.63) is 88.1 Å². The predicted octanol–water partition coefficient (Wildman–Crippen LogP) is 3.41. The molecule has 0 spiro atoms. The van der Waals surface area contributed by atoms with Crippen molar-refractivity contribution in [1.82, 2.24) is 9.47 Å². The second kappa shape index (κ2) is 10.4. The lowest BCUT2D eigenvalue weighted by Crippen LogP contribution is -2.37. The number of nitrogens with zero attached hydrogens (tertiary/aromatic N) is 2. The Morgan fingerprint density at radius 2 is 1.42 bits per heavy atom. The van der Waals surface area contributed by atoms with E-state index in [0.29, 0.717) is 21.8 Å². The van der Waals surface area contributed by atoms with Crippen molar-refractivity contribution in [2.45, 2.75) is 20.4 Å². The average molecular weight is 486 g/mol. The highest BCUT2D eigenvalue weighted by Gasteiger charge is 2.18. The minimum absolute atomic E-state index is 0.109. The van der Waals surface area contributed by atoms with Gasteiger partial charge in [-0.2, -0.15) is 0 Å². The zero-order valence-corrected chi connectivity index (χ0v) is 20.4. The first-order valence-electron chi connectivity index (χ1n) is 11.5. The first kappa shape index (κ1) is 24.7. The van der Waals surface area contributed by atoms with Crippen molar-refractivity contribution in [3.63, 3.8) is 0 Å². The Bertz CT molecular complexity index is 1460. The molecule has 0 aliphatic heterocycles. The Morgan fingerprint density at radius 3 is 2.00 bits per heavy atom. The summed E-state index contributed by atoms with van der Waals surface area (Å²) < 4.78 is 6.94. The van der Waals surface area contributed by atoms with Crippen LogP contribution in [0.2, 0.25) is 0 Å². The molecule has 1 heterocycles. The summed E-state index contributed by atoms with van der Waals surface area (Å²) in [6.07, 6.45) is 0. The van der Waals surface area contributed by atoms with E-state index in [9.17, 15) is 19.2 Å². The number of para-hydroxylation sites is 3. The largest absolute Gasteiger partial charge is 0.454 e. The number of aromatic nitrogens is 1. The highest BCUT2D eigenvalue weighted by molar-refractivity contribution is 5.96. The molecule has 0 saturated heterocycles. The van der Waals surface area contributed by atoms with Gasteiger partial charge in [0.25, 0.3) is 5.91 Å². The molecular formula is C28H27N3O5. The number of ether oxygens (including phenoxy) is 1. The van der Waals surface area contributed by atoms with Crippen LogP contribution in [0.5, 0.6) is 0 Å². The van der Waals surface area contributed by atoms with Crippen molar-refractivity contribution in [3.8, 4) is 0 Å². The maximum Gasteiger partial charge on any atom is 0.326 e. The average Bonchev–Trinajstić information content (AvgIpc) is 2.87. The van der Waals surface area contributed by atoms with E-state index in [2.05, 4.69) is 5.32 Å². The Balaban J connectivity index is 1.41. The molecule has 0 bridgehead atoms. The molecule has 8 nitrogen and oxygen atoms in total. The Labute approximate surface area is 208 Å². The first-order chi connectivity index (χ1) is 17.3. The fraction of sp³-hybridized carbons (Fsp3) is 0.214. The number of fused-ring (bicyclic) bond motifs is 2. The van der Waals surface area contributed by atoms with Gasteiger partial charge in [-0.3, -0.25) is 19.2 Å². The molecule has 0 unspecified atom stereocenters. The molecule has 0 aliphatic rings. The van der Waals surface area contributed by atoms with E-state index in [0.717, 1.165) is 16.8 Å². The number of esters is 1. The number of benzene rings is 3. The van der Waals surface area contributed by atoms with Gasteiger partial charge in [-0.25, -0.2) is 0 Å². The van der Waals surface area contributed by atoms with Crippen LogP contribution in [0.25, 0.3) is 21.8 Å². The summed E-state index contributed by atoms with van der Waals surface area (Å²) in [6.45, 7) is 2.94. The fourth-order valence-electron chi connectivity index (χ4n) is 4.17. The van der Waals surface area contributed by atoms with Crippen molar-refractivity contribution in [2.24, 2.45) is 0 Å². The monoisotopic (exact) mass is 485 g/mol. The third-order valence-electron chi connectivity index (χ3n) is 6.07. The standard InChI is InChI=1S/C28H27N3O5/c1-18-9-8-10-19(2)27(18)29-24(32)15-30(3)25(33)17-36-26(34)16-31-22-13-6-4-11-20(22)28(35)21-12-5-7-14-23(21)31/h4-14H,15-17H2,1-3H3,(H,29,32). The van der Waals surface area contributed by atoms with E-state index >= 15 is 0 Å². The molecule has 0 atom stereocenters. The number of hydrogen-bond donors (Lipinski definition) is 1. The summed E-state index contributed by atoms with van der Waals surface area (Å²) in [5, 5.41) is 3.82. The summed E-state index contributed by atoms with van der Waals surface area (Å²) in [6, 6.07) is 19.8. The van der Waals surface area contributed by atoms with Gasteiger partial charge in [-0.15, -0.1) is 0 Å². The third kappa shape index (κ3) is 5.12. The number of amides is 2. The number of hydrogen-bond acceptors (Lipinski definition) is 5. The molecule has 184 valence electrons. The van der Waals surface area contributed by atoms with E-state index in [-0.39, 0.29) is 24.4 Å². The normalized spacial score (nSPS) is 10.9. The molecule has 4 aromatic rings. The van der Waals surface area contributed by atoms with Crippen LogP contribution in [-0.2, 0) is 25.7 Å². The second-order valence-corrected chi connectivity index (χ2v) is 8.68. The lowest BCUT2D eigenvalue weighted by molar-refractivity contribution is -0.152. The topological polar surface area (TPSA) is 97.7 Å². The van der Waals surface area contributed by atoms with Crippen LogP contribution < -0.4 is 10.7 Å². The summed E-state index contributed by atoms with van der Waals surface area (Å²) in [7, 11) is 1.48. The van der Waals surface area contributed by atoms with Gasteiger partial charge >= 0.3 is 5.97 Å². The van der Waals surface area contributed by atoms with Gasteiger partial charge in [0.2, 0.25) is 5.91 Å². The number of carbonyl (C=O) groups is 3. The quantitative estimate of drug-likeness (QED) is 0.320. The van der Waals surface area contributed by atoms with Crippen molar-refractivity contribution >= 4 is 45.3 Å². The van der Waals surface area contributed by atoms with E-state index in [1.165, 1.54) is 11.9 Å². The van der Waals surface area contributed by atoms with Crippen molar-refractivity contribution < 1.29 is 19.1 Å². The Morgan fingerprint density at radius 1 is 0.861 bits per heavy atom. The lowest BCUT2D eigenvalue weighted by atomic mass is 10.1. The van der Waals surface area contributed by atoms with Gasteiger partial charge in [0.05, 0.1) is 17.6 Å². The van der Waals surface area contributed by atoms with E-state index < -0.39 is 18.5 Å². The highest BCUT2D eigenvalue weighted by atomic mass is 16.5. The number of rotatable bonds is 7. The van der Waals surface area contributed by atoms with Gasteiger partial charge in [0.1, 0.15) is 6.54 Å². The number of anilines is 1. The summed E-state index contributed by atoms with van der Waals surface area (Å²) >= 11 is 0. The summed E-state index contributed by atoms with van der Waals surface area (Å²) in [5.74, 6) is -1.48. The molecule has 3 aromatic carbocycles. The van der Waals surface area contributed by atoms with Gasteiger partial charge in [0.15, 0.2) is 12.0 Å². The molecule has 4 rings (SSSR count). The number of aryl methyl sites for hydroxylation is 2. The molecule has 8 heteroatoms. The summed E-state index contributed by atoms with van der Waals surface area (Å²) in [5.41, 5.74) is 3.66. The van der Waals surface area contributed by atoms with Crippen molar-refractivity contribution in [2.75, 3.05) is 25.5 Å². The highest BCUT2D eigenvalue weighted by Crippen LogP contribution is 2.20. The molecule has 0 saturated carbocycles. The molecule has 0 aliphatic carbocycles. The van der Waals surface area contributed by atoms with Gasteiger partial charge in [0, 0.05) is 23.5 Å². The van der Waals surface area contributed by atoms with Crippen LogP contribution in [0, 0.1) is 13.8 Å². The molecule has 36 heavy (non-hydrogen) atoms. The SMILES string of the molecule is Cc1cccc(C)c1NC(=O)CN(C)C(=O)COC(=O)Cn1c2ccccc2c(=O)c2ccccc21. The molecule has 2 amide bonds. The first-order valence-corrected chi connectivity index (χ1v) is 11.5. The molecular weight excluding hydrogens is 458 g/mol. The predicted molar refractivity (Wildman–Crippen MR) is 139 cm³/mol. The Kier molecular flexibility index (Phi) is 7.15. The minimum Gasteiger partial charge on any atom is -0.454 e. The smallest absolute Gasteiger partial charge is 0.326 e. The number of nitrogens with one attached hydrogen (secondary N) is 1. The Hall–Kier alpha value is -4.46. The molecule has 0 fully saturated rings. The van der Waals surface area contributed by atoms with Gasteiger partial charge in [-0.1, -0.05) is 42.5 Å². The second-order valence-electron chi connectivity index (χ2n) is 8.68. The minimum atomic E-state index is -0.629. The van der Waals surface area contributed by atoms with E-state index in [1.807, 2.05) is 32.0 Å². The van der Waals surface area contributed by atoms with Crippen LogP contribution in [-0.4, -0.2) is 47.4 Å². The van der Waals surface area contributed by atoms with Gasteiger partial charge < -0.3 is 19.5 Å². The zero-order valence-electron chi connectivity index (χ0n) is 20.4. The number of carbonyl (C=O) groups excluding carboxylic acids is 3. The van der Waals surface area contributed by atoms with Crippen molar-refractivity contribution in [1.29, 1.82) is 0 Å². The van der Waals surface area contributed by atoms with Crippen LogP contribution in [0.15, 0.2) is 71.5 Å². The lowest BCUT2D eigenvalue weighted by Gasteiger charge is -2.18. The van der Waals surface area contributed by atoms with Crippen LogP contribution in [0.1, 0.15) is 11.1 Å². The summed E-state index contributed by atoms with van der Waals surface area (Å²) in [4.78, 5) is 51.7. The van der Waals surface area contributed by atoms with E-state index in [1.54, 1.807) is 53.1 Å². The fourth-order valence-corrected chi connectivity index (χ4v) is 4.17. The maximum atomic E-state index is 12.8. The number of likely N-dealkylation sites (N-methyl/N-ethyl adjacent to an activating group) is 1. The van der Waals surface area contributed by atoms with Crippen LogP contribution in [0.4, 0.5) is 5.69 Å².